The highest BCUT2D eigenvalue weighted by atomic mass is 31.2. The molecule has 150 valence electrons. The molecule has 4 rings (SSSR count). The van der Waals surface area contributed by atoms with Gasteiger partial charge in [0.05, 0.1) is 7.11 Å². The monoisotopic (exact) mass is 416 g/mol. The maximum Gasteiger partial charge on any atom is 0.586 e. The lowest BCUT2D eigenvalue weighted by Crippen LogP contribution is -2.26. The van der Waals surface area contributed by atoms with E-state index in [-0.39, 0.29) is 17.2 Å². The Morgan fingerprint density at radius 1 is 0.828 bits per heavy atom. The number of benzene rings is 3. The molecule has 0 atom stereocenters. The SMILES string of the molecule is COc1cc(P(=O)(c2ccc(C)cc2)c2ccc(C)cc2)cc2c1OC(F)(F)O2. The van der Waals surface area contributed by atoms with E-state index in [1.807, 2.05) is 38.1 Å². The van der Waals surface area contributed by atoms with Crippen LogP contribution in [-0.2, 0) is 4.57 Å². The summed E-state index contributed by atoms with van der Waals surface area (Å²) in [6, 6.07) is 17.5. The van der Waals surface area contributed by atoms with Crippen LogP contribution in [0.25, 0.3) is 0 Å². The summed E-state index contributed by atoms with van der Waals surface area (Å²) in [4.78, 5) is 0. The summed E-state index contributed by atoms with van der Waals surface area (Å²) in [6.07, 6.45) is -3.80. The Morgan fingerprint density at radius 3 is 1.83 bits per heavy atom. The van der Waals surface area contributed by atoms with Crippen LogP contribution in [0, 0.1) is 13.8 Å². The molecule has 0 amide bonds. The second kappa shape index (κ2) is 6.89. The number of rotatable bonds is 4. The zero-order valence-corrected chi connectivity index (χ0v) is 17.0. The number of halogens is 2. The molecule has 1 aliphatic heterocycles. The van der Waals surface area contributed by atoms with Crippen molar-refractivity contribution in [2.45, 2.75) is 20.1 Å². The van der Waals surface area contributed by atoms with Crippen molar-refractivity contribution in [2.75, 3.05) is 7.11 Å². The molecule has 0 N–H and O–H groups in total. The molecule has 3 aromatic carbocycles. The molecule has 0 fully saturated rings. The highest BCUT2D eigenvalue weighted by molar-refractivity contribution is 7.85. The van der Waals surface area contributed by atoms with Crippen LogP contribution in [0.3, 0.4) is 0 Å². The van der Waals surface area contributed by atoms with E-state index in [0.717, 1.165) is 11.1 Å². The molecule has 29 heavy (non-hydrogen) atoms. The normalized spacial score (nSPS) is 14.7. The van der Waals surface area contributed by atoms with Gasteiger partial charge in [-0.2, -0.15) is 0 Å². The molecule has 0 spiro atoms. The minimum absolute atomic E-state index is 0.0362. The zero-order chi connectivity index (χ0) is 20.8. The standard InChI is InChI=1S/C22H19F2O4P/c1-14-4-8-16(9-5-14)29(25,17-10-6-15(2)7-11-17)18-12-19(26-3)21-20(13-18)27-22(23,24)28-21/h4-13H,1-3H3. The van der Waals surface area contributed by atoms with E-state index in [9.17, 15) is 13.3 Å². The van der Waals surface area contributed by atoms with Gasteiger partial charge in [-0.3, -0.25) is 0 Å². The Kier molecular flexibility index (Phi) is 4.62. The number of hydrogen-bond acceptors (Lipinski definition) is 4. The highest BCUT2D eigenvalue weighted by Gasteiger charge is 2.46. The number of alkyl halides is 2. The summed E-state index contributed by atoms with van der Waals surface area (Å²) in [6.45, 7) is 3.87. The molecule has 0 radical (unpaired) electrons. The zero-order valence-electron chi connectivity index (χ0n) is 16.1. The fourth-order valence-electron chi connectivity index (χ4n) is 3.30. The fraction of sp³-hybridized carbons (Fsp3) is 0.182. The van der Waals surface area contributed by atoms with Crippen molar-refractivity contribution >= 4 is 23.1 Å². The number of fused-ring (bicyclic) bond motifs is 1. The molecule has 0 aromatic heterocycles. The first kappa shape index (κ1) is 19.5. The van der Waals surface area contributed by atoms with Crippen LogP contribution in [0.15, 0.2) is 60.7 Å². The molecule has 1 heterocycles. The molecule has 0 bridgehead atoms. The first-order chi connectivity index (χ1) is 13.7. The third-order valence-corrected chi connectivity index (χ3v) is 7.87. The van der Waals surface area contributed by atoms with Gasteiger partial charge in [0.25, 0.3) is 0 Å². The second-order valence-corrected chi connectivity index (χ2v) is 9.69. The second-order valence-electron chi connectivity index (χ2n) is 6.92. The molecule has 0 aliphatic carbocycles. The highest BCUT2D eigenvalue weighted by Crippen LogP contribution is 2.51. The predicted molar refractivity (Wildman–Crippen MR) is 108 cm³/mol. The lowest BCUT2D eigenvalue weighted by molar-refractivity contribution is -0.287. The van der Waals surface area contributed by atoms with E-state index in [4.69, 9.17) is 4.74 Å². The van der Waals surface area contributed by atoms with Gasteiger partial charge in [0.2, 0.25) is 5.75 Å². The van der Waals surface area contributed by atoms with E-state index in [2.05, 4.69) is 9.47 Å². The van der Waals surface area contributed by atoms with Crippen LogP contribution in [0.4, 0.5) is 8.78 Å². The van der Waals surface area contributed by atoms with Gasteiger partial charge < -0.3 is 18.8 Å². The fourth-order valence-corrected chi connectivity index (χ4v) is 5.93. The lowest BCUT2D eigenvalue weighted by Gasteiger charge is -2.21. The smallest absolute Gasteiger partial charge is 0.493 e. The lowest BCUT2D eigenvalue weighted by atomic mass is 10.2. The summed E-state index contributed by atoms with van der Waals surface area (Å²) in [5.41, 5.74) is 2.04. The van der Waals surface area contributed by atoms with Gasteiger partial charge in [-0.1, -0.05) is 59.7 Å². The van der Waals surface area contributed by atoms with Crippen LogP contribution in [0.1, 0.15) is 11.1 Å². The summed E-state index contributed by atoms with van der Waals surface area (Å²) in [7, 11) is -2.06. The number of ether oxygens (including phenoxy) is 3. The molecular weight excluding hydrogens is 397 g/mol. The van der Waals surface area contributed by atoms with Crippen LogP contribution < -0.4 is 30.1 Å². The van der Waals surface area contributed by atoms with Crippen molar-refractivity contribution in [2.24, 2.45) is 0 Å². The number of hydrogen-bond donors (Lipinski definition) is 0. The summed E-state index contributed by atoms with van der Waals surface area (Å²) >= 11 is 0. The van der Waals surface area contributed by atoms with Gasteiger partial charge in [0.15, 0.2) is 18.6 Å². The molecule has 0 saturated carbocycles. The Morgan fingerprint density at radius 2 is 1.34 bits per heavy atom. The van der Waals surface area contributed by atoms with Crippen LogP contribution in [0.5, 0.6) is 17.2 Å². The van der Waals surface area contributed by atoms with Crippen molar-refractivity contribution in [1.82, 2.24) is 0 Å². The average Bonchev–Trinajstić information content (AvgIpc) is 3.01. The first-order valence-electron chi connectivity index (χ1n) is 8.96. The third-order valence-electron chi connectivity index (χ3n) is 4.83. The number of methoxy groups -OCH3 is 1. The molecule has 7 heteroatoms. The molecule has 0 saturated heterocycles. The van der Waals surface area contributed by atoms with Gasteiger partial charge >= 0.3 is 6.29 Å². The Bertz CT molecular complexity index is 1060. The minimum Gasteiger partial charge on any atom is -0.493 e. The van der Waals surface area contributed by atoms with Crippen LogP contribution >= 0.6 is 7.14 Å². The molecule has 3 aromatic rings. The minimum atomic E-state index is -3.80. The van der Waals surface area contributed by atoms with Crippen molar-refractivity contribution in [1.29, 1.82) is 0 Å². The quantitative estimate of drug-likeness (QED) is 0.596. The Labute approximate surface area is 167 Å². The Hall–Kier alpha value is -2.85. The predicted octanol–water partition coefficient (Wildman–Crippen LogP) is 4.27. The molecular formula is C22H19F2O4P. The summed E-state index contributed by atoms with van der Waals surface area (Å²) < 4.78 is 56.2. The van der Waals surface area contributed by atoms with Crippen molar-refractivity contribution in [3.63, 3.8) is 0 Å². The van der Waals surface area contributed by atoms with Crippen molar-refractivity contribution in [3.05, 3.63) is 71.8 Å². The molecule has 0 unspecified atom stereocenters. The van der Waals surface area contributed by atoms with E-state index in [1.165, 1.54) is 19.2 Å². The average molecular weight is 416 g/mol. The topological polar surface area (TPSA) is 44.8 Å². The maximum atomic E-state index is 14.5. The third kappa shape index (κ3) is 3.38. The van der Waals surface area contributed by atoms with E-state index in [1.54, 1.807) is 24.3 Å². The summed E-state index contributed by atoms with van der Waals surface area (Å²) in [5.74, 6) is -0.376. The van der Waals surface area contributed by atoms with Gasteiger partial charge in [-0.15, -0.1) is 8.78 Å². The van der Waals surface area contributed by atoms with Gasteiger partial charge in [0.1, 0.15) is 0 Å². The summed E-state index contributed by atoms with van der Waals surface area (Å²) in [5, 5.41) is 1.49. The van der Waals surface area contributed by atoms with Crippen molar-refractivity contribution < 1.29 is 27.6 Å². The van der Waals surface area contributed by atoms with Gasteiger partial charge in [-0.25, -0.2) is 0 Å². The largest absolute Gasteiger partial charge is 0.586 e. The van der Waals surface area contributed by atoms with Crippen LogP contribution in [0.2, 0.25) is 0 Å². The van der Waals surface area contributed by atoms with Gasteiger partial charge in [-0.05, 0) is 26.0 Å². The van der Waals surface area contributed by atoms with Gasteiger partial charge in [0, 0.05) is 15.9 Å². The molecule has 4 nitrogen and oxygen atoms in total. The Balaban J connectivity index is 1.97. The van der Waals surface area contributed by atoms with E-state index >= 15 is 0 Å². The number of aryl methyl sites for hydroxylation is 2. The van der Waals surface area contributed by atoms with E-state index in [0.29, 0.717) is 15.9 Å². The van der Waals surface area contributed by atoms with Crippen LogP contribution in [-0.4, -0.2) is 13.4 Å². The maximum absolute atomic E-state index is 14.5. The molecule has 1 aliphatic rings. The van der Waals surface area contributed by atoms with Crippen molar-refractivity contribution in [3.8, 4) is 17.2 Å². The first-order valence-corrected chi connectivity index (χ1v) is 10.7. The van der Waals surface area contributed by atoms with E-state index < -0.39 is 13.4 Å².